The summed E-state index contributed by atoms with van der Waals surface area (Å²) in [6, 6.07) is 11.3. The van der Waals surface area contributed by atoms with Crippen LogP contribution in [0.5, 0.6) is 0 Å². The molecule has 5 aromatic rings. The molecule has 198 valence electrons. The number of pyridine rings is 3. The molecule has 0 spiro atoms. The number of rotatable bonds is 4. The van der Waals surface area contributed by atoms with Gasteiger partial charge < -0.3 is 11.1 Å². The van der Waals surface area contributed by atoms with Gasteiger partial charge in [0.15, 0.2) is 0 Å². The van der Waals surface area contributed by atoms with Crippen LogP contribution in [0.25, 0.3) is 44.3 Å². The zero-order chi connectivity index (χ0) is 23.8. The molecule has 0 unspecified atom stereocenters. The lowest BCUT2D eigenvalue weighted by Crippen LogP contribution is -2.29. The number of aromatic nitrogens is 5. The van der Waals surface area contributed by atoms with Gasteiger partial charge in [0.05, 0.1) is 17.9 Å². The van der Waals surface area contributed by atoms with Crippen LogP contribution in [0.3, 0.4) is 0 Å². The van der Waals surface area contributed by atoms with E-state index < -0.39 is 0 Å². The summed E-state index contributed by atoms with van der Waals surface area (Å²) in [5.74, 6) is 0.0440. The Bertz CT molecular complexity index is 1520. The summed E-state index contributed by atoms with van der Waals surface area (Å²) in [4.78, 5) is 13.2. The molecule has 1 aliphatic heterocycles. The van der Waals surface area contributed by atoms with Crippen molar-refractivity contribution in [3.8, 4) is 33.5 Å². The predicted octanol–water partition coefficient (Wildman–Crippen LogP) is 6.13. The van der Waals surface area contributed by atoms with E-state index in [1.807, 2.05) is 35.1 Å². The van der Waals surface area contributed by atoms with Gasteiger partial charge in [-0.05, 0) is 61.1 Å². The van der Waals surface area contributed by atoms with Crippen LogP contribution in [0.1, 0.15) is 18.9 Å². The van der Waals surface area contributed by atoms with Gasteiger partial charge in [-0.2, -0.15) is 5.10 Å². The Morgan fingerprint density at radius 3 is 2.42 bits per heavy atom. The molecule has 11 heteroatoms. The molecular weight excluding hydrogens is 548 g/mol. The first kappa shape index (κ1) is 29.3. The van der Waals surface area contributed by atoms with Gasteiger partial charge in [-0.3, -0.25) is 14.6 Å². The van der Waals surface area contributed by atoms with E-state index in [-0.39, 0.29) is 43.0 Å². The molecule has 0 atom stereocenters. The van der Waals surface area contributed by atoms with Crippen LogP contribution >= 0.6 is 37.2 Å². The summed E-state index contributed by atoms with van der Waals surface area (Å²) in [6.45, 7) is 2.01. The number of halogens is 4. The van der Waals surface area contributed by atoms with Crippen LogP contribution in [-0.4, -0.2) is 37.8 Å². The quantitative estimate of drug-likeness (QED) is 0.268. The van der Waals surface area contributed by atoms with Crippen molar-refractivity contribution < 1.29 is 4.39 Å². The average molecular weight is 575 g/mol. The van der Waals surface area contributed by atoms with Gasteiger partial charge in [0.25, 0.3) is 0 Å². The van der Waals surface area contributed by atoms with Gasteiger partial charge in [0.2, 0.25) is 0 Å². The van der Waals surface area contributed by atoms with Gasteiger partial charge >= 0.3 is 0 Å². The van der Waals surface area contributed by atoms with Crippen molar-refractivity contribution in [1.82, 2.24) is 30.0 Å². The van der Waals surface area contributed by atoms with Crippen molar-refractivity contribution >= 4 is 53.8 Å². The fraction of sp³-hybridized carbons (Fsp3) is 0.185. The number of anilines is 1. The van der Waals surface area contributed by atoms with E-state index in [0.717, 1.165) is 53.6 Å². The third-order valence-electron chi connectivity index (χ3n) is 6.63. The minimum Gasteiger partial charge on any atom is -0.383 e. The molecule has 0 bridgehead atoms. The number of fused-ring (bicyclic) bond motifs is 1. The topological polar surface area (TPSA) is 94.5 Å². The number of piperidine rings is 1. The number of nitrogens with one attached hydrogen (secondary N) is 1. The van der Waals surface area contributed by atoms with Crippen LogP contribution < -0.4 is 11.1 Å². The lowest BCUT2D eigenvalue weighted by atomic mass is 9.98. The maximum Gasteiger partial charge on any atom is 0.132 e. The molecule has 6 rings (SSSR count). The predicted molar refractivity (Wildman–Crippen MR) is 157 cm³/mol. The van der Waals surface area contributed by atoms with Crippen LogP contribution in [-0.2, 0) is 0 Å². The second-order valence-corrected chi connectivity index (χ2v) is 8.80. The van der Waals surface area contributed by atoms with Gasteiger partial charge in [-0.15, -0.1) is 37.2 Å². The number of nitrogen functional groups attached to an aromatic ring is 1. The standard InChI is InChI=1S/C27H24FN7.3ClH/c28-25-4-3-21(17-2-1-7-31-12-17)22-11-26(32-15-24(22)25)23-10-18(13-33-27(23)29)19-14-34-35(16-19)20-5-8-30-9-6-20;;;/h1-4,7,10-16,20,30H,5-6,8-9H2,(H2,29,33);3*1H. The Morgan fingerprint density at radius 2 is 1.66 bits per heavy atom. The van der Waals surface area contributed by atoms with Crippen molar-refractivity contribution in [3.05, 3.63) is 79.4 Å². The van der Waals surface area contributed by atoms with E-state index in [1.54, 1.807) is 30.9 Å². The second-order valence-electron chi connectivity index (χ2n) is 8.80. The highest BCUT2D eigenvalue weighted by Gasteiger charge is 2.17. The van der Waals surface area contributed by atoms with E-state index in [0.29, 0.717) is 28.5 Å². The Balaban J connectivity index is 0.00000133. The fourth-order valence-electron chi connectivity index (χ4n) is 4.72. The second kappa shape index (κ2) is 12.5. The number of hydrogen-bond acceptors (Lipinski definition) is 6. The normalized spacial score (nSPS) is 13.3. The van der Waals surface area contributed by atoms with Gasteiger partial charge in [-0.25, -0.2) is 9.37 Å². The van der Waals surface area contributed by atoms with Gasteiger partial charge in [-0.1, -0.05) is 12.1 Å². The first-order valence-corrected chi connectivity index (χ1v) is 11.7. The molecular formula is C27H27Cl3FN7. The largest absolute Gasteiger partial charge is 0.383 e. The van der Waals surface area contributed by atoms with Crippen molar-refractivity contribution in [3.63, 3.8) is 0 Å². The number of nitrogens with two attached hydrogens (primary N) is 1. The third-order valence-corrected chi connectivity index (χ3v) is 6.63. The van der Waals surface area contributed by atoms with Gasteiger partial charge in [0, 0.05) is 58.6 Å². The Morgan fingerprint density at radius 1 is 0.842 bits per heavy atom. The molecule has 0 saturated carbocycles. The van der Waals surface area contributed by atoms with Crippen LogP contribution in [0, 0.1) is 5.82 Å². The van der Waals surface area contributed by atoms with Crippen molar-refractivity contribution in [2.75, 3.05) is 18.8 Å². The molecule has 1 fully saturated rings. The Hall–Kier alpha value is -3.30. The highest BCUT2D eigenvalue weighted by Crippen LogP contribution is 2.35. The first-order chi connectivity index (χ1) is 17.2. The van der Waals surface area contributed by atoms with Crippen LogP contribution in [0.4, 0.5) is 10.2 Å². The number of nitrogens with zero attached hydrogens (tertiary/aromatic N) is 5. The molecule has 5 heterocycles. The summed E-state index contributed by atoms with van der Waals surface area (Å²) < 4.78 is 16.7. The van der Waals surface area contributed by atoms with Gasteiger partial charge in [0.1, 0.15) is 11.6 Å². The summed E-state index contributed by atoms with van der Waals surface area (Å²) in [7, 11) is 0. The lowest BCUT2D eigenvalue weighted by Gasteiger charge is -2.22. The molecule has 1 aliphatic rings. The highest BCUT2D eigenvalue weighted by molar-refractivity contribution is 5.98. The van der Waals surface area contributed by atoms with E-state index in [9.17, 15) is 4.39 Å². The average Bonchev–Trinajstić information content (AvgIpc) is 3.41. The van der Waals surface area contributed by atoms with E-state index in [2.05, 4.69) is 31.6 Å². The van der Waals surface area contributed by atoms with Crippen LogP contribution in [0.15, 0.2) is 73.6 Å². The summed E-state index contributed by atoms with van der Waals surface area (Å²) in [6.07, 6.45) is 12.8. The summed E-state index contributed by atoms with van der Waals surface area (Å²) >= 11 is 0. The smallest absolute Gasteiger partial charge is 0.132 e. The lowest BCUT2D eigenvalue weighted by molar-refractivity contribution is 0.343. The zero-order valence-corrected chi connectivity index (χ0v) is 22.7. The summed E-state index contributed by atoms with van der Waals surface area (Å²) in [5.41, 5.74) is 11.3. The molecule has 7 nitrogen and oxygen atoms in total. The molecule has 0 aliphatic carbocycles. The number of benzene rings is 1. The minimum absolute atomic E-state index is 0. The third kappa shape index (κ3) is 5.59. The maximum absolute atomic E-state index is 14.6. The molecule has 38 heavy (non-hydrogen) atoms. The zero-order valence-electron chi connectivity index (χ0n) is 20.3. The Labute approximate surface area is 238 Å². The Kier molecular flexibility index (Phi) is 9.62. The molecule has 4 aromatic heterocycles. The fourth-order valence-corrected chi connectivity index (χ4v) is 4.72. The van der Waals surface area contributed by atoms with Crippen molar-refractivity contribution in [1.29, 1.82) is 0 Å². The molecule has 1 aromatic carbocycles. The molecule has 3 N–H and O–H groups in total. The summed E-state index contributed by atoms with van der Waals surface area (Å²) in [5, 5.41) is 9.18. The first-order valence-electron chi connectivity index (χ1n) is 11.7. The molecule has 1 saturated heterocycles. The SMILES string of the molecule is Cl.Cl.Cl.Nc1ncc(-c2cnn(C3CCNCC3)c2)cc1-c1cc2c(-c3cccnc3)ccc(F)c2cn1. The van der Waals surface area contributed by atoms with Crippen molar-refractivity contribution in [2.45, 2.75) is 18.9 Å². The number of hydrogen-bond donors (Lipinski definition) is 2. The maximum atomic E-state index is 14.6. The van der Waals surface area contributed by atoms with Crippen LogP contribution in [0.2, 0.25) is 0 Å². The highest BCUT2D eigenvalue weighted by atomic mass is 35.5. The van der Waals surface area contributed by atoms with E-state index >= 15 is 0 Å². The molecule has 0 amide bonds. The van der Waals surface area contributed by atoms with Crippen molar-refractivity contribution in [2.24, 2.45) is 0 Å². The molecule has 0 radical (unpaired) electrons. The van der Waals surface area contributed by atoms with E-state index in [4.69, 9.17) is 5.73 Å². The minimum atomic E-state index is -0.322. The monoisotopic (exact) mass is 573 g/mol. The van der Waals surface area contributed by atoms with E-state index in [1.165, 1.54) is 6.07 Å².